The van der Waals surface area contributed by atoms with Crippen LogP contribution in [0.5, 0.6) is 11.5 Å². The molecule has 0 saturated heterocycles. The first-order valence-corrected chi connectivity index (χ1v) is 21.2. The molecule has 0 bridgehead atoms. The van der Waals surface area contributed by atoms with Crippen LogP contribution < -0.4 is 41.3 Å². The Kier molecular flexibility index (Phi) is 9.36. The molecule has 0 spiro atoms. The molecule has 262 valence electrons. The van der Waals surface area contributed by atoms with Crippen LogP contribution in [0, 0.1) is 55.4 Å². The molecule has 2 aliphatic heterocycles. The summed E-state index contributed by atoms with van der Waals surface area (Å²) >= 11 is 0. The van der Waals surface area contributed by atoms with Gasteiger partial charge in [0.2, 0.25) is 0 Å². The van der Waals surface area contributed by atoms with Crippen molar-refractivity contribution in [1.29, 1.82) is 0 Å². The maximum Gasteiger partial charge on any atom is 0.131 e. The van der Waals surface area contributed by atoms with E-state index in [9.17, 15) is 0 Å². The predicted octanol–water partition coefficient (Wildman–Crippen LogP) is 9.21. The first kappa shape index (κ1) is 34.8. The largest absolute Gasteiger partial charge is 0.492 e. The van der Waals surface area contributed by atoms with Crippen LogP contribution in [-0.4, -0.2) is 13.2 Å². The average molecular weight is 719 g/mol. The summed E-state index contributed by atoms with van der Waals surface area (Å²) in [5.74, 6) is 2.08. The molecule has 4 heteroatoms. The predicted molar refractivity (Wildman–Crippen MR) is 226 cm³/mol. The Morgan fingerprint density at radius 1 is 0.365 bits per heavy atom. The molecule has 8 rings (SSSR count). The zero-order valence-corrected chi connectivity index (χ0v) is 33.6. The van der Waals surface area contributed by atoms with Crippen LogP contribution in [0.2, 0.25) is 0 Å². The number of benzene rings is 6. The molecule has 0 saturated carbocycles. The molecule has 0 atom stereocenters. The highest BCUT2D eigenvalue weighted by atomic mass is 31.1. The summed E-state index contributed by atoms with van der Waals surface area (Å²) in [5, 5.41) is 8.17. The van der Waals surface area contributed by atoms with Gasteiger partial charge >= 0.3 is 0 Å². The Morgan fingerprint density at radius 2 is 0.635 bits per heavy atom. The Bertz CT molecular complexity index is 2020. The molecule has 2 heterocycles. The highest BCUT2D eigenvalue weighted by molar-refractivity contribution is 7.80. The van der Waals surface area contributed by atoms with Gasteiger partial charge in [0.05, 0.1) is 13.2 Å². The van der Waals surface area contributed by atoms with Crippen molar-refractivity contribution in [2.75, 3.05) is 13.2 Å². The standard InChI is InChI=1S/C48H48O2P2/c1-29-17-30(2)22-39(21-29)51(40-23-31(3)18-32(4)24-40)43-11-9-37-13-15-49-47(37)45(43)46-44(12-10-38-14-16-50-48(38)46)52(41-25-33(5)19-34(6)26-41)42-27-35(7)20-36(8)28-42/h9-12,17-28H,13-16H2,1-8H3. The molecule has 0 unspecified atom stereocenters. The van der Waals surface area contributed by atoms with E-state index in [0.717, 1.165) is 24.3 Å². The third kappa shape index (κ3) is 6.62. The molecule has 52 heavy (non-hydrogen) atoms. The van der Waals surface area contributed by atoms with Crippen molar-refractivity contribution >= 4 is 47.7 Å². The number of ether oxygens (including phenoxy) is 2. The normalized spacial score (nSPS) is 13.3. The van der Waals surface area contributed by atoms with E-state index in [1.54, 1.807) is 0 Å². The lowest BCUT2D eigenvalue weighted by atomic mass is 9.97. The summed E-state index contributed by atoms with van der Waals surface area (Å²) in [6, 6.07) is 38.1. The number of aryl methyl sites for hydroxylation is 8. The summed E-state index contributed by atoms with van der Waals surface area (Å²) in [5.41, 5.74) is 15.4. The smallest absolute Gasteiger partial charge is 0.131 e. The van der Waals surface area contributed by atoms with E-state index in [1.165, 1.54) is 98.6 Å². The SMILES string of the molecule is Cc1cc(C)cc(P(c2cc(C)cc(C)c2)c2ccc3c(c2-c2c(P(c4cc(C)cc(C)c4)c4cc(C)cc(C)c4)ccc4c2OCC4)OCC3)c1. The number of hydrogen-bond acceptors (Lipinski definition) is 2. The number of fused-ring (bicyclic) bond motifs is 2. The van der Waals surface area contributed by atoms with E-state index >= 15 is 0 Å². The molecule has 0 radical (unpaired) electrons. The van der Waals surface area contributed by atoms with Crippen LogP contribution in [0.15, 0.2) is 97.1 Å². The van der Waals surface area contributed by atoms with E-state index in [-0.39, 0.29) is 0 Å². The summed E-state index contributed by atoms with van der Waals surface area (Å²) in [6.07, 6.45) is 1.84. The zero-order chi connectivity index (χ0) is 36.3. The highest BCUT2D eigenvalue weighted by Crippen LogP contribution is 2.51. The number of hydrogen-bond donors (Lipinski definition) is 0. The Morgan fingerprint density at radius 3 is 0.904 bits per heavy atom. The van der Waals surface area contributed by atoms with Gasteiger partial charge in [0.25, 0.3) is 0 Å². The maximum atomic E-state index is 6.79. The molecule has 6 aromatic rings. The molecule has 0 fully saturated rings. The van der Waals surface area contributed by atoms with Gasteiger partial charge in [-0.2, -0.15) is 0 Å². The summed E-state index contributed by atoms with van der Waals surface area (Å²) in [4.78, 5) is 0. The summed E-state index contributed by atoms with van der Waals surface area (Å²) in [6.45, 7) is 19.2. The topological polar surface area (TPSA) is 18.5 Å². The lowest BCUT2D eigenvalue weighted by Gasteiger charge is -2.29. The van der Waals surface area contributed by atoms with Crippen molar-refractivity contribution < 1.29 is 9.47 Å². The van der Waals surface area contributed by atoms with Crippen LogP contribution in [0.25, 0.3) is 11.1 Å². The van der Waals surface area contributed by atoms with E-state index in [4.69, 9.17) is 9.47 Å². The second-order valence-corrected chi connectivity index (χ2v) is 19.5. The second kappa shape index (κ2) is 14.0. The third-order valence-corrected chi connectivity index (χ3v) is 15.1. The third-order valence-electron chi connectivity index (χ3n) is 10.3. The van der Waals surface area contributed by atoms with Crippen LogP contribution in [0.3, 0.4) is 0 Å². The van der Waals surface area contributed by atoms with Gasteiger partial charge in [-0.3, -0.25) is 0 Å². The molecular formula is C48H48O2P2. The minimum Gasteiger partial charge on any atom is -0.492 e. The van der Waals surface area contributed by atoms with Crippen molar-refractivity contribution in [2.45, 2.75) is 68.2 Å². The van der Waals surface area contributed by atoms with Crippen molar-refractivity contribution in [3.8, 4) is 22.6 Å². The second-order valence-electron chi connectivity index (χ2n) is 15.1. The van der Waals surface area contributed by atoms with Crippen LogP contribution in [0.4, 0.5) is 0 Å². The van der Waals surface area contributed by atoms with E-state index < -0.39 is 15.8 Å². The minimum absolute atomic E-state index is 0.699. The van der Waals surface area contributed by atoms with Gasteiger partial charge in [0.1, 0.15) is 11.5 Å². The van der Waals surface area contributed by atoms with Crippen molar-refractivity contribution in [2.24, 2.45) is 0 Å². The molecule has 0 aliphatic carbocycles. The van der Waals surface area contributed by atoms with Crippen LogP contribution >= 0.6 is 15.8 Å². The molecule has 0 amide bonds. The molecule has 2 nitrogen and oxygen atoms in total. The fraction of sp³-hybridized carbons (Fsp3) is 0.250. The zero-order valence-electron chi connectivity index (χ0n) is 31.8. The quantitative estimate of drug-likeness (QED) is 0.153. The first-order valence-electron chi connectivity index (χ1n) is 18.5. The van der Waals surface area contributed by atoms with Gasteiger partial charge in [0, 0.05) is 24.0 Å². The lowest BCUT2D eigenvalue weighted by molar-refractivity contribution is 0.354. The minimum atomic E-state index is -0.957. The van der Waals surface area contributed by atoms with Crippen LogP contribution in [-0.2, 0) is 12.8 Å². The van der Waals surface area contributed by atoms with Crippen molar-refractivity contribution in [3.63, 3.8) is 0 Å². The van der Waals surface area contributed by atoms with Gasteiger partial charge in [-0.15, -0.1) is 0 Å². The lowest BCUT2D eigenvalue weighted by Crippen LogP contribution is -2.27. The first-order chi connectivity index (χ1) is 25.0. The van der Waals surface area contributed by atoms with E-state index in [0.29, 0.717) is 13.2 Å². The average Bonchev–Trinajstić information content (AvgIpc) is 3.74. The Hall–Kier alpha value is -4.22. The molecule has 0 N–H and O–H groups in total. The molecule has 2 aliphatic rings. The van der Waals surface area contributed by atoms with Gasteiger partial charge < -0.3 is 9.47 Å². The molecular weight excluding hydrogens is 670 g/mol. The van der Waals surface area contributed by atoms with Crippen LogP contribution in [0.1, 0.15) is 55.6 Å². The monoisotopic (exact) mass is 718 g/mol. The fourth-order valence-corrected chi connectivity index (χ4v) is 14.2. The molecule has 0 aromatic heterocycles. The van der Waals surface area contributed by atoms with Crippen molar-refractivity contribution in [3.05, 3.63) is 153 Å². The van der Waals surface area contributed by atoms with E-state index in [1.807, 2.05) is 0 Å². The number of rotatable bonds is 7. The summed E-state index contributed by atoms with van der Waals surface area (Å²) < 4.78 is 13.6. The van der Waals surface area contributed by atoms with Gasteiger partial charge in [-0.25, -0.2) is 0 Å². The fourth-order valence-electron chi connectivity index (χ4n) is 8.51. The summed E-state index contributed by atoms with van der Waals surface area (Å²) in [7, 11) is -1.91. The van der Waals surface area contributed by atoms with Gasteiger partial charge in [0.15, 0.2) is 0 Å². The molecule has 6 aromatic carbocycles. The Balaban J connectivity index is 1.50. The maximum absolute atomic E-state index is 6.79. The van der Waals surface area contributed by atoms with E-state index in [2.05, 4.69) is 152 Å². The highest BCUT2D eigenvalue weighted by Gasteiger charge is 2.34. The van der Waals surface area contributed by atoms with Crippen molar-refractivity contribution in [1.82, 2.24) is 0 Å². The van der Waals surface area contributed by atoms with Gasteiger partial charge in [-0.05, 0) is 114 Å². The Labute approximate surface area is 312 Å². The van der Waals surface area contributed by atoms with Gasteiger partial charge in [-0.1, -0.05) is 142 Å².